The van der Waals surface area contributed by atoms with Crippen molar-refractivity contribution in [1.29, 1.82) is 0 Å². The molecule has 0 aromatic rings. The van der Waals surface area contributed by atoms with E-state index in [0.717, 1.165) is 12.5 Å². The monoisotopic (exact) mass is 156 g/mol. The molecular formula is C10H20O. The molecule has 1 aliphatic carbocycles. The molecule has 0 aromatic heterocycles. The van der Waals surface area contributed by atoms with E-state index in [1.54, 1.807) is 0 Å². The quantitative estimate of drug-likeness (QED) is 0.597. The summed E-state index contributed by atoms with van der Waals surface area (Å²) in [7, 11) is 1.81. The Morgan fingerprint density at radius 3 is 2.64 bits per heavy atom. The number of methoxy groups -OCH3 is 1. The first-order valence-electron chi connectivity index (χ1n) is 4.66. The van der Waals surface area contributed by atoms with E-state index in [4.69, 9.17) is 4.74 Å². The molecule has 1 heteroatoms. The Balaban J connectivity index is 2.45. The lowest BCUT2D eigenvalue weighted by molar-refractivity contribution is 0.0483. The second-order valence-corrected chi connectivity index (χ2v) is 4.39. The fraction of sp³-hybridized carbons (Fsp3) is 1.00. The van der Waals surface area contributed by atoms with Crippen molar-refractivity contribution < 1.29 is 4.74 Å². The molecule has 0 saturated heterocycles. The summed E-state index contributed by atoms with van der Waals surface area (Å²) in [5.41, 5.74) is 0.522. The van der Waals surface area contributed by atoms with Crippen LogP contribution in [0.4, 0.5) is 0 Å². The van der Waals surface area contributed by atoms with E-state index >= 15 is 0 Å². The maximum Gasteiger partial charge on any atom is 0.0495 e. The van der Waals surface area contributed by atoms with Gasteiger partial charge in [-0.3, -0.25) is 0 Å². The Kier molecular flexibility index (Phi) is 2.94. The maximum absolute atomic E-state index is 5.22. The van der Waals surface area contributed by atoms with Crippen LogP contribution in [0.25, 0.3) is 0 Å². The first-order valence-corrected chi connectivity index (χ1v) is 4.66. The van der Waals surface area contributed by atoms with Crippen molar-refractivity contribution in [2.75, 3.05) is 13.7 Å². The van der Waals surface area contributed by atoms with E-state index in [0.29, 0.717) is 5.41 Å². The summed E-state index contributed by atoms with van der Waals surface area (Å²) in [4.78, 5) is 0. The molecule has 1 atom stereocenters. The molecule has 1 nitrogen and oxygen atoms in total. The van der Waals surface area contributed by atoms with E-state index < -0.39 is 0 Å². The van der Waals surface area contributed by atoms with Crippen LogP contribution in [0.5, 0.6) is 0 Å². The van der Waals surface area contributed by atoms with Gasteiger partial charge < -0.3 is 4.74 Å². The van der Waals surface area contributed by atoms with Gasteiger partial charge in [0.05, 0.1) is 0 Å². The number of rotatable bonds is 2. The highest BCUT2D eigenvalue weighted by Crippen LogP contribution is 2.40. The fourth-order valence-corrected chi connectivity index (χ4v) is 2.08. The minimum atomic E-state index is 0.522. The van der Waals surface area contributed by atoms with Gasteiger partial charge in [0.1, 0.15) is 0 Å². The molecule has 1 fully saturated rings. The lowest BCUT2D eigenvalue weighted by Crippen LogP contribution is -2.30. The van der Waals surface area contributed by atoms with Gasteiger partial charge in [0.15, 0.2) is 0 Å². The minimum absolute atomic E-state index is 0.522. The van der Waals surface area contributed by atoms with Crippen LogP contribution in [0.15, 0.2) is 0 Å². The summed E-state index contributed by atoms with van der Waals surface area (Å²) in [5.74, 6) is 0.793. The molecule has 0 bridgehead atoms. The van der Waals surface area contributed by atoms with Crippen molar-refractivity contribution in [1.82, 2.24) is 0 Å². The van der Waals surface area contributed by atoms with Crippen molar-refractivity contribution in [3.05, 3.63) is 0 Å². The van der Waals surface area contributed by atoms with Crippen molar-refractivity contribution in [2.45, 2.75) is 39.5 Å². The Bertz CT molecular complexity index is 116. The summed E-state index contributed by atoms with van der Waals surface area (Å²) in [5, 5.41) is 0. The fourth-order valence-electron chi connectivity index (χ4n) is 2.08. The smallest absolute Gasteiger partial charge is 0.0495 e. The van der Waals surface area contributed by atoms with E-state index in [-0.39, 0.29) is 0 Å². The zero-order valence-corrected chi connectivity index (χ0v) is 8.02. The van der Waals surface area contributed by atoms with Crippen LogP contribution in [0.1, 0.15) is 39.5 Å². The molecule has 0 spiro atoms. The lowest BCUT2D eigenvalue weighted by atomic mass is 9.69. The van der Waals surface area contributed by atoms with Crippen LogP contribution in [-0.4, -0.2) is 13.7 Å². The van der Waals surface area contributed by atoms with E-state index in [1.807, 2.05) is 7.11 Å². The molecule has 0 aromatic carbocycles. The van der Waals surface area contributed by atoms with Gasteiger partial charge in [-0.1, -0.05) is 26.7 Å². The molecule has 66 valence electrons. The van der Waals surface area contributed by atoms with Gasteiger partial charge in [0.25, 0.3) is 0 Å². The predicted octanol–water partition coefficient (Wildman–Crippen LogP) is 2.85. The molecule has 1 saturated carbocycles. The minimum Gasteiger partial charge on any atom is -0.384 e. The molecule has 0 heterocycles. The highest BCUT2D eigenvalue weighted by Gasteiger charge is 2.31. The lowest BCUT2D eigenvalue weighted by Gasteiger charge is -2.38. The molecule has 0 amide bonds. The topological polar surface area (TPSA) is 9.23 Å². The van der Waals surface area contributed by atoms with Crippen LogP contribution >= 0.6 is 0 Å². The average Bonchev–Trinajstić information content (AvgIpc) is 1.94. The van der Waals surface area contributed by atoms with Gasteiger partial charge in [-0.15, -0.1) is 0 Å². The van der Waals surface area contributed by atoms with Gasteiger partial charge in [-0.2, -0.15) is 0 Å². The standard InChI is InChI=1S/C10H20O/c1-10(2)7-5-4-6-9(10)8-11-3/h9H,4-8H2,1-3H3/t9-/m0/s1. The van der Waals surface area contributed by atoms with E-state index in [2.05, 4.69) is 13.8 Å². The molecule has 0 N–H and O–H groups in total. The van der Waals surface area contributed by atoms with Gasteiger partial charge in [0.2, 0.25) is 0 Å². The van der Waals surface area contributed by atoms with Gasteiger partial charge in [-0.25, -0.2) is 0 Å². The van der Waals surface area contributed by atoms with Crippen molar-refractivity contribution in [3.8, 4) is 0 Å². The zero-order chi connectivity index (χ0) is 8.32. The largest absolute Gasteiger partial charge is 0.384 e. The van der Waals surface area contributed by atoms with Crippen LogP contribution in [0, 0.1) is 11.3 Å². The van der Waals surface area contributed by atoms with Crippen LogP contribution in [-0.2, 0) is 4.74 Å². The molecule has 1 aliphatic rings. The molecular weight excluding hydrogens is 136 g/mol. The summed E-state index contributed by atoms with van der Waals surface area (Å²) >= 11 is 0. The third-order valence-corrected chi connectivity index (χ3v) is 3.10. The third kappa shape index (κ3) is 2.19. The second-order valence-electron chi connectivity index (χ2n) is 4.39. The molecule has 0 radical (unpaired) electrons. The SMILES string of the molecule is COC[C@@H]1CCCCC1(C)C. The van der Waals surface area contributed by atoms with E-state index in [1.165, 1.54) is 25.7 Å². The Labute approximate surface area is 70.1 Å². The average molecular weight is 156 g/mol. The van der Waals surface area contributed by atoms with Crippen molar-refractivity contribution in [3.63, 3.8) is 0 Å². The second kappa shape index (κ2) is 3.57. The number of hydrogen-bond acceptors (Lipinski definition) is 1. The normalized spacial score (nSPS) is 30.3. The Hall–Kier alpha value is -0.0400. The summed E-state index contributed by atoms with van der Waals surface area (Å²) < 4.78 is 5.22. The molecule has 11 heavy (non-hydrogen) atoms. The highest BCUT2D eigenvalue weighted by molar-refractivity contribution is 4.82. The first kappa shape index (κ1) is 9.05. The molecule has 0 aliphatic heterocycles. The third-order valence-electron chi connectivity index (χ3n) is 3.10. The maximum atomic E-state index is 5.22. The van der Waals surface area contributed by atoms with Gasteiger partial charge >= 0.3 is 0 Å². The summed E-state index contributed by atoms with van der Waals surface area (Å²) in [6.07, 6.45) is 5.55. The van der Waals surface area contributed by atoms with Crippen molar-refractivity contribution >= 4 is 0 Å². The zero-order valence-electron chi connectivity index (χ0n) is 8.02. The molecule has 0 unspecified atom stereocenters. The van der Waals surface area contributed by atoms with Gasteiger partial charge in [-0.05, 0) is 24.2 Å². The Morgan fingerprint density at radius 1 is 1.36 bits per heavy atom. The van der Waals surface area contributed by atoms with Crippen LogP contribution < -0.4 is 0 Å². The molecule has 1 rings (SSSR count). The number of hydrogen-bond donors (Lipinski definition) is 0. The highest BCUT2D eigenvalue weighted by atomic mass is 16.5. The van der Waals surface area contributed by atoms with E-state index in [9.17, 15) is 0 Å². The van der Waals surface area contributed by atoms with Crippen molar-refractivity contribution in [2.24, 2.45) is 11.3 Å². The summed E-state index contributed by atoms with van der Waals surface area (Å²) in [6.45, 7) is 5.69. The van der Waals surface area contributed by atoms with Crippen LogP contribution in [0.2, 0.25) is 0 Å². The summed E-state index contributed by atoms with van der Waals surface area (Å²) in [6, 6.07) is 0. The van der Waals surface area contributed by atoms with Crippen LogP contribution in [0.3, 0.4) is 0 Å². The first-order chi connectivity index (χ1) is 5.17. The predicted molar refractivity (Wildman–Crippen MR) is 47.6 cm³/mol. The Morgan fingerprint density at radius 2 is 2.09 bits per heavy atom. The number of ether oxygens (including phenoxy) is 1. The van der Waals surface area contributed by atoms with Gasteiger partial charge in [0, 0.05) is 13.7 Å².